The van der Waals surface area contributed by atoms with Gasteiger partial charge in [0.2, 0.25) is 5.54 Å². The first-order valence-corrected chi connectivity index (χ1v) is 3.18. The number of carboxylic acid groups (broad SMARTS) is 3. The van der Waals surface area contributed by atoms with E-state index < -0.39 is 23.6 Å². The molecule has 0 heterocycles. The average molecular weight is 260 g/mol. The van der Waals surface area contributed by atoms with Gasteiger partial charge in [-0.1, -0.05) is 0 Å². The number of carboxylic acids is 2. The number of nitrogens with zero attached hydrogens (tertiary/aromatic N) is 1. The van der Waals surface area contributed by atoms with Gasteiger partial charge in [0.1, 0.15) is 0 Å². The Morgan fingerprint density at radius 2 is 1.19 bits per heavy atom. The Morgan fingerprint density at radius 3 is 1.25 bits per heavy atom. The average Bonchev–Trinajstić information content (AvgIpc) is 2.00. The molecule has 0 fully saturated rings. The van der Waals surface area contributed by atoms with E-state index in [9.17, 15) is 14.4 Å². The summed E-state index contributed by atoms with van der Waals surface area (Å²) in [6.07, 6.45) is -1.62. The maximum absolute atomic E-state index is 10.5. The van der Waals surface area contributed by atoms with Gasteiger partial charge in [0.25, 0.3) is 0 Å². The van der Waals surface area contributed by atoms with Crippen molar-refractivity contribution in [3.8, 4) is 0 Å². The van der Waals surface area contributed by atoms with Crippen LogP contribution in [-0.4, -0.2) is 140 Å². The number of likely N-dealkylation sites (N-methyl/N-ethyl adjacent to an activating group) is 1. The van der Waals surface area contributed by atoms with Crippen LogP contribution in [0.4, 0.5) is 4.79 Å². The van der Waals surface area contributed by atoms with Gasteiger partial charge in [-0.15, -0.1) is 0 Å². The number of carbonyl (C=O) groups is 3. The van der Waals surface area contributed by atoms with Crippen LogP contribution < -0.4 is 0 Å². The smallest absolute Gasteiger partial charge is 0.408 e. The van der Waals surface area contributed by atoms with Crippen molar-refractivity contribution in [2.75, 3.05) is 7.05 Å². The van der Waals surface area contributed by atoms with Gasteiger partial charge in [0, 0.05) is 95.7 Å². The van der Waals surface area contributed by atoms with E-state index in [1.807, 2.05) is 0 Å². The molecule has 0 aliphatic rings. The summed E-state index contributed by atoms with van der Waals surface area (Å²) in [5.41, 5.74) is -2.45. The molecule has 0 rings (SSSR count). The molecular weight excluding hydrogens is 251 g/mol. The monoisotopic (exact) mass is 260 g/mol. The van der Waals surface area contributed by atoms with Gasteiger partial charge in [-0.05, 0) is 6.92 Å². The maximum Gasteiger partial charge on any atom is 0.408 e. The molecule has 3 radical (unpaired) electrons. The fraction of sp³-hybridized carbons (Fsp3) is 0.500. The van der Waals surface area contributed by atoms with Crippen LogP contribution in [0.15, 0.2) is 0 Å². The van der Waals surface area contributed by atoms with Crippen LogP contribution in [0.25, 0.3) is 0 Å². The first-order valence-electron chi connectivity index (χ1n) is 3.18. The summed E-state index contributed by atoms with van der Waals surface area (Å²) in [6, 6.07) is 0. The Kier molecular flexibility index (Phi) is 16.5. The van der Waals surface area contributed by atoms with Gasteiger partial charge in [0.15, 0.2) is 0 Å². The number of amides is 1. The van der Waals surface area contributed by atoms with E-state index in [-0.39, 0.29) is 93.6 Å². The summed E-state index contributed by atoms with van der Waals surface area (Å²) in [4.78, 5) is 31.6. The molecule has 0 aliphatic heterocycles. The molecule has 0 aliphatic carbocycles. The number of rotatable bonds is 3. The molecule has 3 N–H and O–H groups in total. The minimum absolute atomic E-state index is 0. The zero-order valence-electron chi connectivity index (χ0n) is 10.0. The maximum atomic E-state index is 10.5. The van der Waals surface area contributed by atoms with Crippen LogP contribution in [0.5, 0.6) is 0 Å². The summed E-state index contributed by atoms with van der Waals surface area (Å²) in [5.74, 6) is -3.46. The van der Waals surface area contributed by atoms with Gasteiger partial charge in [-0.3, -0.25) is 4.90 Å². The minimum atomic E-state index is -2.45. The normalized spacial score (nSPS) is 8.62. The predicted molar refractivity (Wildman–Crippen MR) is 56.7 cm³/mol. The molecule has 0 aromatic heterocycles. The predicted octanol–water partition coefficient (Wildman–Crippen LogP) is -1.62. The van der Waals surface area contributed by atoms with Crippen LogP contribution in [0.2, 0.25) is 0 Å². The summed E-state index contributed by atoms with van der Waals surface area (Å²) < 4.78 is 0. The van der Waals surface area contributed by atoms with Gasteiger partial charge in [-0.25, -0.2) is 14.4 Å². The van der Waals surface area contributed by atoms with Crippen molar-refractivity contribution in [2.45, 2.75) is 12.5 Å². The Morgan fingerprint density at radius 1 is 0.938 bits per heavy atom. The third kappa shape index (κ3) is 5.70. The zero-order valence-corrected chi connectivity index (χ0v) is 16.0. The first kappa shape index (κ1) is 25.9. The van der Waals surface area contributed by atoms with E-state index >= 15 is 0 Å². The number of hydrogen-bond donors (Lipinski definition) is 3. The minimum Gasteiger partial charge on any atom is -0.479 e. The van der Waals surface area contributed by atoms with Gasteiger partial charge in [0.05, 0.1) is 0 Å². The molecule has 0 unspecified atom stereocenters. The molecule has 7 nitrogen and oxygen atoms in total. The molecule has 0 saturated carbocycles. The van der Waals surface area contributed by atoms with Crippen LogP contribution in [-0.2, 0) is 9.59 Å². The SMILES string of the molecule is CN(C(=O)O)C(C)(C(=O)O)C(=O)O.[Na].[Na].[Na]. The Bertz CT molecular complexity index is 257. The number of hydrogen-bond acceptors (Lipinski definition) is 3. The third-order valence-corrected chi connectivity index (χ3v) is 1.79. The van der Waals surface area contributed by atoms with Gasteiger partial charge in [-0.2, -0.15) is 0 Å². The first-order chi connectivity index (χ1) is 5.74. The van der Waals surface area contributed by atoms with Gasteiger partial charge < -0.3 is 15.3 Å². The Balaban J connectivity index is -0.000000240. The fourth-order valence-corrected chi connectivity index (χ4v) is 0.570. The zero-order chi connectivity index (χ0) is 10.8. The molecular formula is C6H9NNa3O6. The molecule has 0 aromatic carbocycles. The van der Waals surface area contributed by atoms with Crippen molar-refractivity contribution in [1.29, 1.82) is 0 Å². The van der Waals surface area contributed by atoms with E-state index in [1.165, 1.54) is 0 Å². The van der Waals surface area contributed by atoms with Crippen LogP contribution in [0, 0.1) is 0 Å². The third-order valence-electron chi connectivity index (χ3n) is 1.79. The molecule has 0 spiro atoms. The molecule has 0 aromatic rings. The van der Waals surface area contributed by atoms with Crippen molar-refractivity contribution in [3.05, 3.63) is 0 Å². The van der Waals surface area contributed by atoms with E-state index in [2.05, 4.69) is 0 Å². The van der Waals surface area contributed by atoms with E-state index in [0.717, 1.165) is 14.0 Å². The molecule has 0 atom stereocenters. The molecule has 0 bridgehead atoms. The summed E-state index contributed by atoms with van der Waals surface area (Å²) in [5, 5.41) is 25.5. The van der Waals surface area contributed by atoms with Crippen molar-refractivity contribution >= 4 is 107 Å². The van der Waals surface area contributed by atoms with Crippen molar-refractivity contribution in [3.63, 3.8) is 0 Å². The van der Waals surface area contributed by atoms with E-state index in [1.54, 1.807) is 0 Å². The molecule has 1 amide bonds. The second-order valence-electron chi connectivity index (χ2n) is 2.52. The summed E-state index contributed by atoms with van der Waals surface area (Å²) in [6.45, 7) is 0.797. The fourth-order valence-electron chi connectivity index (χ4n) is 0.570. The molecule has 10 heteroatoms. The summed E-state index contributed by atoms with van der Waals surface area (Å²) >= 11 is 0. The second kappa shape index (κ2) is 10.2. The molecule has 0 saturated heterocycles. The number of aliphatic carboxylic acids is 2. The van der Waals surface area contributed by atoms with Crippen LogP contribution >= 0.6 is 0 Å². The Hall–Kier alpha value is 1.21. The topological polar surface area (TPSA) is 115 Å². The largest absolute Gasteiger partial charge is 0.479 e. The molecule has 77 valence electrons. The summed E-state index contributed by atoms with van der Waals surface area (Å²) in [7, 11) is 0.880. The Labute approximate surface area is 158 Å². The van der Waals surface area contributed by atoms with Crippen LogP contribution in [0.1, 0.15) is 6.92 Å². The van der Waals surface area contributed by atoms with Crippen molar-refractivity contribution in [2.24, 2.45) is 0 Å². The molecule has 16 heavy (non-hydrogen) atoms. The van der Waals surface area contributed by atoms with E-state index in [4.69, 9.17) is 15.3 Å². The van der Waals surface area contributed by atoms with Gasteiger partial charge >= 0.3 is 18.0 Å². The second-order valence-corrected chi connectivity index (χ2v) is 2.52. The van der Waals surface area contributed by atoms with Crippen molar-refractivity contribution in [1.82, 2.24) is 4.90 Å². The standard InChI is InChI=1S/C6H9NO6.3Na/c1-6(3(8)9,4(10)11)7(2)5(12)13;;;/h1-2H3,(H,8,9)(H,10,11)(H,12,13);;;. The quantitative estimate of drug-likeness (QED) is 0.415. The van der Waals surface area contributed by atoms with Crippen molar-refractivity contribution < 1.29 is 29.7 Å². The van der Waals surface area contributed by atoms with E-state index in [0.29, 0.717) is 0 Å². The van der Waals surface area contributed by atoms with Crippen LogP contribution in [0.3, 0.4) is 0 Å².